The molecule has 2 aromatic rings. The first-order chi connectivity index (χ1) is 12.2. The second-order valence-electron chi connectivity index (χ2n) is 6.70. The molecule has 1 N–H and O–H groups in total. The quantitative estimate of drug-likeness (QED) is 0.748. The minimum Gasteiger partial charge on any atom is -0.467 e. The predicted molar refractivity (Wildman–Crippen MR) is 107 cm³/mol. The van der Waals surface area contributed by atoms with Crippen LogP contribution in [0.2, 0.25) is 0 Å². The summed E-state index contributed by atoms with van der Waals surface area (Å²) in [5.41, 5.74) is 2.27. The fourth-order valence-corrected chi connectivity index (χ4v) is 3.45. The number of nitrogens with zero attached hydrogens (tertiary/aromatic N) is 2. The van der Waals surface area contributed by atoms with Crippen molar-refractivity contribution in [2.24, 2.45) is 0 Å². The van der Waals surface area contributed by atoms with E-state index in [0.29, 0.717) is 6.54 Å². The van der Waals surface area contributed by atoms with Gasteiger partial charge in [0.25, 0.3) is 0 Å². The Hall–Kier alpha value is -1.85. The van der Waals surface area contributed by atoms with Gasteiger partial charge in [-0.2, -0.15) is 0 Å². The lowest BCUT2D eigenvalue weighted by molar-refractivity contribution is 0.298. The molecule has 1 saturated heterocycles. The summed E-state index contributed by atoms with van der Waals surface area (Å²) in [6.07, 6.45) is 5.50. The van der Waals surface area contributed by atoms with Gasteiger partial charge in [-0.3, -0.25) is 0 Å². The first-order valence-electron chi connectivity index (χ1n) is 9.08. The molecule has 0 unspecified atom stereocenters. The lowest BCUT2D eigenvalue weighted by Gasteiger charge is -2.26. The summed E-state index contributed by atoms with van der Waals surface area (Å²) in [4.78, 5) is 4.74. The maximum absolute atomic E-state index is 5.67. The van der Waals surface area contributed by atoms with E-state index >= 15 is 0 Å². The molecule has 2 heterocycles. The minimum atomic E-state index is 0.699. The van der Waals surface area contributed by atoms with Gasteiger partial charge in [-0.05, 0) is 82.3 Å². The fourth-order valence-electron chi connectivity index (χ4n) is 3.17. The van der Waals surface area contributed by atoms with Crippen molar-refractivity contribution in [2.45, 2.75) is 32.7 Å². The molecular formula is C20H27N3OS. The number of nitrogens with one attached hydrogen (secondary N) is 1. The highest BCUT2D eigenvalue weighted by Gasteiger charge is 2.15. The number of thiocarbonyl (C=S) groups is 1. The molecule has 0 bridgehead atoms. The Labute approximate surface area is 155 Å². The molecular weight excluding hydrogens is 330 g/mol. The van der Waals surface area contributed by atoms with Crippen molar-refractivity contribution in [1.82, 2.24) is 9.80 Å². The highest BCUT2D eigenvalue weighted by molar-refractivity contribution is 7.80. The van der Waals surface area contributed by atoms with Crippen molar-refractivity contribution in [3.63, 3.8) is 0 Å². The highest BCUT2D eigenvalue weighted by atomic mass is 32.1. The molecule has 3 rings (SSSR count). The normalized spacial score (nSPS) is 14.6. The predicted octanol–water partition coefficient (Wildman–Crippen LogP) is 4.27. The summed E-state index contributed by atoms with van der Waals surface area (Å²) in [7, 11) is 0. The Morgan fingerprint density at radius 3 is 2.64 bits per heavy atom. The third kappa shape index (κ3) is 5.58. The molecule has 1 aliphatic heterocycles. The summed E-state index contributed by atoms with van der Waals surface area (Å²) >= 11 is 5.67. The zero-order chi connectivity index (χ0) is 17.5. The van der Waals surface area contributed by atoms with Crippen molar-refractivity contribution in [1.29, 1.82) is 0 Å². The molecule has 1 aliphatic rings. The van der Waals surface area contributed by atoms with Crippen LogP contribution in [-0.2, 0) is 6.54 Å². The summed E-state index contributed by atoms with van der Waals surface area (Å²) in [5.74, 6) is 0.939. The van der Waals surface area contributed by atoms with E-state index < -0.39 is 0 Å². The van der Waals surface area contributed by atoms with Gasteiger partial charge in [0.1, 0.15) is 5.76 Å². The molecule has 5 heteroatoms. The Morgan fingerprint density at radius 1 is 1.20 bits per heavy atom. The van der Waals surface area contributed by atoms with Gasteiger partial charge in [0.15, 0.2) is 5.11 Å². The number of hydrogen-bond acceptors (Lipinski definition) is 3. The highest BCUT2D eigenvalue weighted by Crippen LogP contribution is 2.13. The van der Waals surface area contributed by atoms with Gasteiger partial charge in [0.2, 0.25) is 0 Å². The fraction of sp³-hybridized carbons (Fsp3) is 0.450. The van der Waals surface area contributed by atoms with Crippen LogP contribution >= 0.6 is 12.2 Å². The number of rotatable bonds is 7. The summed E-state index contributed by atoms with van der Waals surface area (Å²) in [6.45, 7) is 7.33. The average Bonchev–Trinajstić information content (AvgIpc) is 3.30. The zero-order valence-electron chi connectivity index (χ0n) is 14.9. The number of furan rings is 1. The maximum atomic E-state index is 5.67. The van der Waals surface area contributed by atoms with Gasteiger partial charge < -0.3 is 19.5 Å². The third-order valence-corrected chi connectivity index (χ3v) is 4.98. The lowest BCUT2D eigenvalue weighted by atomic mass is 10.2. The van der Waals surface area contributed by atoms with Gasteiger partial charge in [-0.1, -0.05) is 17.7 Å². The van der Waals surface area contributed by atoms with Gasteiger partial charge >= 0.3 is 0 Å². The van der Waals surface area contributed by atoms with E-state index in [-0.39, 0.29) is 0 Å². The van der Waals surface area contributed by atoms with E-state index in [4.69, 9.17) is 16.6 Å². The molecule has 134 valence electrons. The van der Waals surface area contributed by atoms with E-state index in [1.54, 1.807) is 6.26 Å². The molecule has 0 saturated carbocycles. The van der Waals surface area contributed by atoms with E-state index in [1.165, 1.54) is 31.5 Å². The van der Waals surface area contributed by atoms with Crippen LogP contribution in [0.25, 0.3) is 0 Å². The van der Waals surface area contributed by atoms with Gasteiger partial charge in [-0.25, -0.2) is 0 Å². The van der Waals surface area contributed by atoms with Crippen LogP contribution in [0.4, 0.5) is 5.69 Å². The summed E-state index contributed by atoms with van der Waals surface area (Å²) in [5, 5.41) is 4.11. The van der Waals surface area contributed by atoms with Gasteiger partial charge in [0, 0.05) is 12.2 Å². The first-order valence-corrected chi connectivity index (χ1v) is 9.49. The molecule has 1 aromatic heterocycles. The SMILES string of the molecule is Cc1ccc(NC(=S)N(CCCN2CCCC2)Cc2ccco2)cc1. The van der Waals surface area contributed by atoms with Gasteiger partial charge in [0.05, 0.1) is 12.8 Å². The monoisotopic (exact) mass is 357 g/mol. The molecule has 0 atom stereocenters. The van der Waals surface area contributed by atoms with Crippen molar-refractivity contribution >= 4 is 23.0 Å². The maximum Gasteiger partial charge on any atom is 0.173 e. The summed E-state index contributed by atoms with van der Waals surface area (Å²) in [6, 6.07) is 12.2. The smallest absolute Gasteiger partial charge is 0.173 e. The number of likely N-dealkylation sites (tertiary alicyclic amines) is 1. The van der Waals surface area contributed by atoms with Crippen molar-refractivity contribution in [3.8, 4) is 0 Å². The molecule has 25 heavy (non-hydrogen) atoms. The van der Waals surface area contributed by atoms with Crippen molar-refractivity contribution in [2.75, 3.05) is 31.5 Å². The van der Waals surface area contributed by atoms with Crippen molar-refractivity contribution in [3.05, 3.63) is 54.0 Å². The number of hydrogen-bond donors (Lipinski definition) is 1. The minimum absolute atomic E-state index is 0.699. The van der Waals surface area contributed by atoms with E-state index in [0.717, 1.165) is 36.1 Å². The number of aryl methyl sites for hydroxylation is 1. The van der Waals surface area contributed by atoms with Crippen LogP contribution in [0.1, 0.15) is 30.6 Å². The van der Waals surface area contributed by atoms with Crippen LogP contribution in [-0.4, -0.2) is 41.1 Å². The zero-order valence-corrected chi connectivity index (χ0v) is 15.7. The van der Waals surface area contributed by atoms with Crippen LogP contribution in [0.5, 0.6) is 0 Å². The first kappa shape index (κ1) is 18.0. The van der Waals surface area contributed by atoms with Crippen LogP contribution in [0.15, 0.2) is 47.1 Å². The Kier molecular flexibility index (Phi) is 6.48. The molecule has 0 radical (unpaired) electrons. The average molecular weight is 358 g/mol. The molecule has 4 nitrogen and oxygen atoms in total. The Bertz CT molecular complexity index is 648. The van der Waals surface area contributed by atoms with E-state index in [1.807, 2.05) is 12.1 Å². The summed E-state index contributed by atoms with van der Waals surface area (Å²) < 4.78 is 5.52. The largest absolute Gasteiger partial charge is 0.467 e. The number of anilines is 1. The van der Waals surface area contributed by atoms with Crippen molar-refractivity contribution < 1.29 is 4.42 Å². The number of benzene rings is 1. The molecule has 1 fully saturated rings. The van der Waals surface area contributed by atoms with E-state index in [2.05, 4.69) is 46.3 Å². The van der Waals surface area contributed by atoms with Crippen LogP contribution in [0.3, 0.4) is 0 Å². The second kappa shape index (κ2) is 9.02. The van der Waals surface area contributed by atoms with Gasteiger partial charge in [-0.15, -0.1) is 0 Å². The van der Waals surface area contributed by atoms with E-state index in [9.17, 15) is 0 Å². The third-order valence-electron chi connectivity index (χ3n) is 4.62. The molecule has 0 aliphatic carbocycles. The second-order valence-corrected chi connectivity index (χ2v) is 7.09. The lowest BCUT2D eigenvalue weighted by Crippen LogP contribution is -2.36. The Morgan fingerprint density at radius 2 is 1.96 bits per heavy atom. The van der Waals surface area contributed by atoms with Crippen LogP contribution in [0, 0.1) is 6.92 Å². The van der Waals surface area contributed by atoms with Crippen LogP contribution < -0.4 is 5.32 Å². The standard InChI is InChI=1S/C20H27N3OS/c1-17-7-9-18(10-8-17)21-20(25)23(16-19-6-4-15-24-19)14-5-13-22-11-2-3-12-22/h4,6-10,15H,2-3,5,11-14,16H2,1H3,(H,21,25). The molecule has 1 aromatic carbocycles. The topological polar surface area (TPSA) is 31.6 Å². The molecule has 0 amide bonds. The Balaban J connectivity index is 1.57. The molecule has 0 spiro atoms.